The molecular weight excluding hydrogens is 662 g/mol. The van der Waals surface area contributed by atoms with Crippen molar-refractivity contribution in [3.8, 4) is 11.3 Å². The van der Waals surface area contributed by atoms with E-state index >= 15 is 0 Å². The van der Waals surface area contributed by atoms with E-state index in [0.717, 1.165) is 34.5 Å². The Morgan fingerprint density at radius 1 is 1.10 bits per heavy atom. The van der Waals surface area contributed by atoms with Crippen molar-refractivity contribution in [2.75, 3.05) is 11.4 Å². The van der Waals surface area contributed by atoms with Crippen molar-refractivity contribution >= 4 is 60.8 Å². The summed E-state index contributed by atoms with van der Waals surface area (Å²) < 4.78 is 43.0. The van der Waals surface area contributed by atoms with Crippen LogP contribution in [0.3, 0.4) is 0 Å². The summed E-state index contributed by atoms with van der Waals surface area (Å²) in [5.74, 6) is -0.789. The number of nitro benzene ring substituents is 1. The third kappa shape index (κ3) is 5.65. The molecule has 13 nitrogen and oxygen atoms in total. The zero-order chi connectivity index (χ0) is 34.5. The quantitative estimate of drug-likeness (QED) is 0.0760. The lowest BCUT2D eigenvalue weighted by atomic mass is 10.00. The second kappa shape index (κ2) is 12.2. The van der Waals surface area contributed by atoms with Crippen molar-refractivity contribution in [2.45, 2.75) is 24.8 Å². The van der Waals surface area contributed by atoms with Gasteiger partial charge in [0.25, 0.3) is 15.7 Å². The van der Waals surface area contributed by atoms with Gasteiger partial charge in [0.05, 0.1) is 34.7 Å². The molecule has 244 valence electrons. The van der Waals surface area contributed by atoms with Crippen molar-refractivity contribution < 1.29 is 27.3 Å². The number of para-hydroxylation sites is 1. The first-order valence-corrected chi connectivity index (χ1v) is 16.2. The zero-order valence-electron chi connectivity index (χ0n) is 25.9. The molecule has 0 amide bonds. The number of aromatic nitrogens is 3. The first-order chi connectivity index (χ1) is 22.8. The van der Waals surface area contributed by atoms with Gasteiger partial charge in [0.2, 0.25) is 0 Å². The second-order valence-corrected chi connectivity index (χ2v) is 13.1. The summed E-state index contributed by atoms with van der Waals surface area (Å²) in [6.07, 6.45) is 1.82. The van der Waals surface area contributed by atoms with Gasteiger partial charge >= 0.3 is 5.97 Å². The number of halogens is 1. The number of anilines is 1. The number of benzene rings is 3. The lowest BCUT2D eigenvalue weighted by molar-refractivity contribution is -0.387. The van der Waals surface area contributed by atoms with Gasteiger partial charge < -0.3 is 9.15 Å². The molecule has 15 heteroatoms. The largest absolute Gasteiger partial charge is 0.464 e. The number of nitro groups is 1. The van der Waals surface area contributed by atoms with E-state index in [2.05, 4.69) is 10.1 Å². The Kier molecular flexibility index (Phi) is 8.23. The highest BCUT2D eigenvalue weighted by Crippen LogP contribution is 2.40. The van der Waals surface area contributed by atoms with Crippen molar-refractivity contribution in [3.63, 3.8) is 0 Å². The number of fused-ring (bicyclic) bond motifs is 2. The van der Waals surface area contributed by atoms with Gasteiger partial charge in [0.1, 0.15) is 16.5 Å². The van der Waals surface area contributed by atoms with E-state index in [4.69, 9.17) is 20.8 Å². The molecule has 0 aliphatic carbocycles. The minimum Gasteiger partial charge on any atom is -0.464 e. The Balaban J connectivity index is 1.64. The van der Waals surface area contributed by atoms with Crippen molar-refractivity contribution in [2.24, 2.45) is 7.05 Å². The molecule has 0 saturated carbocycles. The number of nitrogens with zero attached hydrogens (tertiary/aromatic N) is 5. The van der Waals surface area contributed by atoms with Gasteiger partial charge in [0, 0.05) is 41.9 Å². The first kappa shape index (κ1) is 32.3. The number of pyridine rings is 1. The van der Waals surface area contributed by atoms with Gasteiger partial charge in [-0.2, -0.15) is 5.10 Å². The highest BCUT2D eigenvalue weighted by Gasteiger charge is 2.39. The van der Waals surface area contributed by atoms with Crippen LogP contribution in [-0.2, 0) is 21.8 Å². The fourth-order valence-electron chi connectivity index (χ4n) is 5.65. The number of rotatable bonds is 8. The molecule has 0 spiro atoms. The van der Waals surface area contributed by atoms with Gasteiger partial charge in [0.15, 0.2) is 16.0 Å². The lowest BCUT2D eigenvalue weighted by Crippen LogP contribution is -2.36. The van der Waals surface area contributed by atoms with Crippen LogP contribution in [-0.4, -0.2) is 41.2 Å². The molecule has 6 rings (SSSR count). The number of aryl methyl sites for hydroxylation is 2. The molecule has 0 aliphatic heterocycles. The van der Waals surface area contributed by atoms with Crippen LogP contribution in [0.15, 0.2) is 93.1 Å². The maximum absolute atomic E-state index is 14.6. The van der Waals surface area contributed by atoms with E-state index in [1.807, 2.05) is 12.3 Å². The van der Waals surface area contributed by atoms with E-state index < -0.39 is 43.2 Å². The maximum Gasteiger partial charge on any atom is 0.358 e. The molecule has 0 radical (unpaired) electrons. The van der Waals surface area contributed by atoms with Gasteiger partial charge in [-0.3, -0.25) is 23.9 Å². The topological polar surface area (TPSA) is 168 Å². The molecule has 1 atom stereocenters. The summed E-state index contributed by atoms with van der Waals surface area (Å²) in [4.78, 5) is 41.2. The van der Waals surface area contributed by atoms with Crippen LogP contribution >= 0.6 is 11.6 Å². The first-order valence-electron chi connectivity index (χ1n) is 14.3. The van der Waals surface area contributed by atoms with Crippen molar-refractivity contribution in [1.82, 2.24) is 14.8 Å². The van der Waals surface area contributed by atoms with Crippen LogP contribution in [0.4, 0.5) is 11.4 Å². The van der Waals surface area contributed by atoms with Crippen LogP contribution in [0.5, 0.6) is 0 Å². The summed E-state index contributed by atoms with van der Waals surface area (Å²) in [7, 11) is -1.98. The standard InChI is InChI=1S/C33H26ClN5O8S/c1-18-13-22(32-23(14-18)27(40)16-28(47-32)20-9-10-24-21(15-20)17-37(3)36-24)19(2)38(26-11-12-30(34)35-31(26)33(41)46-4)48(44,45)29-8-6-5-7-25(29)39(42)43/h5-17,19H,1-4H3/t19-/m1/s1. The Hall–Kier alpha value is -5.60. The summed E-state index contributed by atoms with van der Waals surface area (Å²) in [6, 6.07) is 16.1. The van der Waals surface area contributed by atoms with Crippen LogP contribution in [0.1, 0.15) is 34.6 Å². The van der Waals surface area contributed by atoms with Gasteiger partial charge in [-0.25, -0.2) is 18.2 Å². The molecule has 3 heterocycles. The molecular formula is C33H26ClN5O8S. The molecule has 3 aromatic carbocycles. The molecule has 0 N–H and O–H groups in total. The van der Waals surface area contributed by atoms with Crippen molar-refractivity contribution in [3.05, 3.63) is 121 Å². The van der Waals surface area contributed by atoms with E-state index in [0.29, 0.717) is 11.1 Å². The maximum atomic E-state index is 14.6. The smallest absolute Gasteiger partial charge is 0.358 e. The number of esters is 1. The summed E-state index contributed by atoms with van der Waals surface area (Å²) in [5, 5.41) is 17.2. The average molecular weight is 688 g/mol. The monoisotopic (exact) mass is 687 g/mol. The molecule has 0 unspecified atom stereocenters. The highest BCUT2D eigenvalue weighted by atomic mass is 35.5. The van der Waals surface area contributed by atoms with E-state index in [1.54, 1.807) is 42.9 Å². The fourth-order valence-corrected chi connectivity index (χ4v) is 7.60. The van der Waals surface area contributed by atoms with Crippen molar-refractivity contribution in [1.29, 1.82) is 0 Å². The lowest BCUT2D eigenvalue weighted by Gasteiger charge is -2.32. The number of ether oxygens (including phenoxy) is 1. The molecule has 48 heavy (non-hydrogen) atoms. The van der Waals surface area contributed by atoms with Gasteiger partial charge in [-0.05, 0) is 61.9 Å². The molecule has 6 aromatic rings. The number of carbonyl (C=O) groups is 1. The van der Waals surface area contributed by atoms with E-state index in [-0.39, 0.29) is 38.6 Å². The molecule has 0 fully saturated rings. The number of hydrogen-bond donors (Lipinski definition) is 0. The summed E-state index contributed by atoms with van der Waals surface area (Å²) >= 11 is 6.12. The van der Waals surface area contributed by atoms with Gasteiger partial charge in [-0.1, -0.05) is 29.8 Å². The normalized spacial score (nSPS) is 12.3. The van der Waals surface area contributed by atoms with Gasteiger partial charge in [-0.15, -0.1) is 0 Å². The number of sulfonamides is 1. The predicted octanol–water partition coefficient (Wildman–Crippen LogP) is 6.35. The molecule has 0 bridgehead atoms. The SMILES string of the molecule is COC(=O)c1nc(Cl)ccc1N([C@H](C)c1cc(C)cc2c(=O)cc(-c3ccc4nn(C)cc4c3)oc12)S(=O)(=O)c1ccccc1[N+](=O)[O-]. The summed E-state index contributed by atoms with van der Waals surface area (Å²) in [6.45, 7) is 3.23. The Morgan fingerprint density at radius 3 is 2.58 bits per heavy atom. The Bertz CT molecular complexity index is 2460. The van der Waals surface area contributed by atoms with Crippen LogP contribution < -0.4 is 9.73 Å². The molecule has 3 aromatic heterocycles. The average Bonchev–Trinajstić information content (AvgIpc) is 3.44. The zero-order valence-corrected chi connectivity index (χ0v) is 27.4. The predicted molar refractivity (Wildman–Crippen MR) is 179 cm³/mol. The third-order valence-corrected chi connectivity index (χ3v) is 9.90. The Morgan fingerprint density at radius 2 is 1.85 bits per heavy atom. The minimum atomic E-state index is -4.86. The van der Waals surface area contributed by atoms with Crippen LogP contribution in [0.2, 0.25) is 5.15 Å². The minimum absolute atomic E-state index is 0.0752. The molecule has 0 saturated heterocycles. The third-order valence-electron chi connectivity index (χ3n) is 7.76. The fraction of sp³-hybridized carbons (Fsp3) is 0.152. The number of hydrogen-bond acceptors (Lipinski definition) is 10. The second-order valence-electron chi connectivity index (χ2n) is 11.0. The number of methoxy groups -OCH3 is 1. The van der Waals surface area contributed by atoms with E-state index in [1.165, 1.54) is 37.3 Å². The number of carbonyl (C=O) groups excluding carboxylic acids is 1. The van der Waals surface area contributed by atoms with Crippen LogP contribution in [0, 0.1) is 17.0 Å². The molecule has 0 aliphatic rings. The summed E-state index contributed by atoms with van der Waals surface area (Å²) in [5.41, 5.74) is 0.430. The highest BCUT2D eigenvalue weighted by molar-refractivity contribution is 7.93. The van der Waals surface area contributed by atoms with Crippen LogP contribution in [0.25, 0.3) is 33.2 Å². The Labute approximate surface area is 278 Å². The van der Waals surface area contributed by atoms with E-state index in [9.17, 15) is 28.1 Å².